The van der Waals surface area contributed by atoms with Crippen molar-refractivity contribution in [2.45, 2.75) is 66.4 Å². The maximum atomic E-state index is 5.82. The summed E-state index contributed by atoms with van der Waals surface area (Å²) >= 11 is 0. The molecule has 0 bridgehead atoms. The van der Waals surface area contributed by atoms with Crippen LogP contribution in [0.2, 0.25) is 0 Å². The molecule has 1 unspecified atom stereocenters. The van der Waals surface area contributed by atoms with Crippen molar-refractivity contribution in [1.29, 1.82) is 0 Å². The summed E-state index contributed by atoms with van der Waals surface area (Å²) in [7, 11) is 0. The Bertz CT molecular complexity index is 404. The van der Waals surface area contributed by atoms with Gasteiger partial charge in [0.15, 0.2) is 5.75 Å². The summed E-state index contributed by atoms with van der Waals surface area (Å²) in [5.41, 5.74) is 0.890. The van der Waals surface area contributed by atoms with Crippen LogP contribution in [0.4, 0.5) is 0 Å². The normalized spacial score (nSPS) is 15.4. The number of rotatable bonds is 5. The second-order valence-electron chi connectivity index (χ2n) is 6.69. The second-order valence-corrected chi connectivity index (χ2v) is 6.69. The van der Waals surface area contributed by atoms with E-state index < -0.39 is 0 Å². The van der Waals surface area contributed by atoms with Gasteiger partial charge in [-0.25, -0.2) is 0 Å². The molecule has 0 spiro atoms. The first-order chi connectivity index (χ1) is 8.71. The van der Waals surface area contributed by atoms with Gasteiger partial charge < -0.3 is 4.89 Å². The van der Waals surface area contributed by atoms with Crippen LogP contribution in [0.5, 0.6) is 5.75 Å². The maximum absolute atomic E-state index is 5.82. The molecule has 0 saturated carbocycles. The average molecular weight is 264 g/mol. The van der Waals surface area contributed by atoms with E-state index in [1.54, 1.807) is 0 Å². The standard InChI is InChI=1S/C17H28O2/c1-8-17(7,16(4,5)6)19-18-15-12-10-9-11-14(15)13(2)3/h9-13H,8H2,1-7H3. The second kappa shape index (κ2) is 5.96. The minimum atomic E-state index is -0.308. The smallest absolute Gasteiger partial charge is 0.168 e. The van der Waals surface area contributed by atoms with Gasteiger partial charge in [-0.15, -0.1) is 0 Å². The third-order valence-corrected chi connectivity index (χ3v) is 4.12. The molecule has 1 aromatic carbocycles. The quantitative estimate of drug-likeness (QED) is 0.528. The molecule has 0 amide bonds. The number of benzene rings is 1. The van der Waals surface area contributed by atoms with Crippen LogP contribution in [-0.4, -0.2) is 5.60 Å². The zero-order valence-electron chi connectivity index (χ0n) is 13.4. The molecular weight excluding hydrogens is 236 g/mol. The largest absolute Gasteiger partial charge is 0.337 e. The summed E-state index contributed by atoms with van der Waals surface area (Å²) in [6.07, 6.45) is 0.903. The van der Waals surface area contributed by atoms with E-state index >= 15 is 0 Å². The Balaban J connectivity index is 2.87. The van der Waals surface area contributed by atoms with Crippen molar-refractivity contribution in [3.05, 3.63) is 29.8 Å². The van der Waals surface area contributed by atoms with E-state index in [9.17, 15) is 0 Å². The minimum absolute atomic E-state index is 0.0223. The van der Waals surface area contributed by atoms with Crippen LogP contribution in [0.3, 0.4) is 0 Å². The first-order valence-corrected chi connectivity index (χ1v) is 7.16. The lowest BCUT2D eigenvalue weighted by Crippen LogP contribution is -2.43. The first-order valence-electron chi connectivity index (χ1n) is 7.16. The van der Waals surface area contributed by atoms with Gasteiger partial charge in [-0.05, 0) is 30.7 Å². The summed E-state index contributed by atoms with van der Waals surface area (Å²) in [4.78, 5) is 11.5. The van der Waals surface area contributed by atoms with Crippen LogP contribution in [0, 0.1) is 5.41 Å². The van der Waals surface area contributed by atoms with E-state index in [4.69, 9.17) is 9.78 Å². The van der Waals surface area contributed by atoms with Crippen molar-refractivity contribution in [2.24, 2.45) is 5.41 Å². The van der Waals surface area contributed by atoms with E-state index in [0.717, 1.165) is 12.2 Å². The van der Waals surface area contributed by atoms with Gasteiger partial charge in [-0.1, -0.05) is 59.7 Å². The van der Waals surface area contributed by atoms with Gasteiger partial charge in [-0.3, -0.25) is 0 Å². The zero-order chi connectivity index (χ0) is 14.7. The molecule has 2 nitrogen and oxygen atoms in total. The van der Waals surface area contributed by atoms with Gasteiger partial charge in [0.1, 0.15) is 5.60 Å². The van der Waals surface area contributed by atoms with Gasteiger partial charge >= 0.3 is 0 Å². The molecule has 108 valence electrons. The summed E-state index contributed by atoms with van der Waals surface area (Å²) in [6.45, 7) is 15.1. The molecule has 19 heavy (non-hydrogen) atoms. The lowest BCUT2D eigenvalue weighted by molar-refractivity contribution is -0.316. The zero-order valence-corrected chi connectivity index (χ0v) is 13.4. The Labute approximate surface area is 118 Å². The molecule has 0 aliphatic heterocycles. The van der Waals surface area contributed by atoms with Crippen LogP contribution in [0.15, 0.2) is 24.3 Å². The molecular formula is C17H28O2. The predicted octanol–water partition coefficient (Wildman–Crippen LogP) is 5.34. The van der Waals surface area contributed by atoms with E-state index in [1.165, 1.54) is 5.56 Å². The molecule has 0 N–H and O–H groups in total. The van der Waals surface area contributed by atoms with Gasteiger partial charge in [-0.2, -0.15) is 4.89 Å². The lowest BCUT2D eigenvalue weighted by atomic mass is 9.76. The van der Waals surface area contributed by atoms with Crippen molar-refractivity contribution < 1.29 is 9.78 Å². The van der Waals surface area contributed by atoms with Crippen LogP contribution in [0.25, 0.3) is 0 Å². The Morgan fingerprint density at radius 2 is 1.63 bits per heavy atom. The molecule has 1 atom stereocenters. The van der Waals surface area contributed by atoms with Gasteiger partial charge in [0.05, 0.1) is 0 Å². The number of hydrogen-bond acceptors (Lipinski definition) is 2. The molecule has 0 fully saturated rings. The fourth-order valence-electron chi connectivity index (χ4n) is 1.88. The average Bonchev–Trinajstić information content (AvgIpc) is 2.34. The predicted molar refractivity (Wildman–Crippen MR) is 80.4 cm³/mol. The fraction of sp³-hybridized carbons (Fsp3) is 0.647. The van der Waals surface area contributed by atoms with Crippen molar-refractivity contribution in [3.63, 3.8) is 0 Å². The van der Waals surface area contributed by atoms with Crippen LogP contribution >= 0.6 is 0 Å². The van der Waals surface area contributed by atoms with Crippen LogP contribution in [0.1, 0.15) is 66.4 Å². The highest BCUT2D eigenvalue weighted by molar-refractivity contribution is 5.35. The van der Waals surface area contributed by atoms with Crippen molar-refractivity contribution >= 4 is 0 Å². The third kappa shape index (κ3) is 3.73. The molecule has 0 aromatic heterocycles. The summed E-state index contributed by atoms with van der Waals surface area (Å²) in [6, 6.07) is 8.06. The topological polar surface area (TPSA) is 18.5 Å². The molecule has 0 heterocycles. The first kappa shape index (κ1) is 16.0. The molecule has 0 radical (unpaired) electrons. The summed E-state index contributed by atoms with van der Waals surface area (Å²) in [5, 5.41) is 0. The molecule has 2 heteroatoms. The molecule has 1 aromatic rings. The minimum Gasteiger partial charge on any atom is -0.337 e. The molecule has 0 aliphatic carbocycles. The number of para-hydroxylation sites is 1. The van der Waals surface area contributed by atoms with Gasteiger partial charge in [0.2, 0.25) is 0 Å². The Morgan fingerprint density at radius 1 is 1.05 bits per heavy atom. The Kier molecular flexibility index (Phi) is 5.03. The van der Waals surface area contributed by atoms with Crippen LogP contribution in [-0.2, 0) is 4.89 Å². The fourth-order valence-corrected chi connectivity index (χ4v) is 1.88. The van der Waals surface area contributed by atoms with E-state index in [2.05, 4.69) is 54.5 Å². The van der Waals surface area contributed by atoms with E-state index in [-0.39, 0.29) is 11.0 Å². The van der Waals surface area contributed by atoms with Gasteiger partial charge in [0, 0.05) is 5.56 Å². The summed E-state index contributed by atoms with van der Waals surface area (Å²) in [5.74, 6) is 1.24. The number of hydrogen-bond donors (Lipinski definition) is 0. The molecule has 0 aliphatic rings. The van der Waals surface area contributed by atoms with Crippen LogP contribution < -0.4 is 4.89 Å². The maximum Gasteiger partial charge on any atom is 0.168 e. The van der Waals surface area contributed by atoms with E-state index in [0.29, 0.717) is 5.92 Å². The van der Waals surface area contributed by atoms with E-state index in [1.807, 2.05) is 18.2 Å². The monoisotopic (exact) mass is 264 g/mol. The highest BCUT2D eigenvalue weighted by atomic mass is 17.2. The lowest BCUT2D eigenvalue weighted by Gasteiger charge is -2.39. The molecule has 0 saturated heterocycles. The van der Waals surface area contributed by atoms with Crippen molar-refractivity contribution in [2.75, 3.05) is 0 Å². The van der Waals surface area contributed by atoms with Crippen molar-refractivity contribution in [1.82, 2.24) is 0 Å². The van der Waals surface area contributed by atoms with Crippen molar-refractivity contribution in [3.8, 4) is 5.75 Å². The Hall–Kier alpha value is -1.02. The SMILES string of the molecule is CCC(C)(OOc1ccccc1C(C)C)C(C)(C)C. The Morgan fingerprint density at radius 3 is 2.11 bits per heavy atom. The molecule has 1 rings (SSSR count). The highest BCUT2D eigenvalue weighted by Gasteiger charge is 2.39. The van der Waals surface area contributed by atoms with Gasteiger partial charge in [0.25, 0.3) is 0 Å². The highest BCUT2D eigenvalue weighted by Crippen LogP contribution is 2.37. The third-order valence-electron chi connectivity index (χ3n) is 4.12. The summed E-state index contributed by atoms with van der Waals surface area (Å²) < 4.78 is 0.